The van der Waals surface area contributed by atoms with Gasteiger partial charge in [-0.25, -0.2) is 4.79 Å². The van der Waals surface area contributed by atoms with Gasteiger partial charge in [-0.3, -0.25) is 5.32 Å². The van der Waals surface area contributed by atoms with Gasteiger partial charge in [0.1, 0.15) is 11.3 Å². The normalized spacial score (nSPS) is 11.2. The van der Waals surface area contributed by atoms with Crippen molar-refractivity contribution in [2.24, 2.45) is 0 Å². The van der Waals surface area contributed by atoms with E-state index in [4.69, 9.17) is 15.0 Å². The second kappa shape index (κ2) is 5.77. The Labute approximate surface area is 130 Å². The molecular weight excluding hydrogens is 338 g/mol. The second-order valence-corrected chi connectivity index (χ2v) is 6.29. The number of anilines is 2. The van der Waals surface area contributed by atoms with E-state index in [1.807, 2.05) is 6.07 Å². The van der Waals surface area contributed by atoms with Crippen LogP contribution in [0.3, 0.4) is 0 Å². The molecule has 0 aliphatic carbocycles. The summed E-state index contributed by atoms with van der Waals surface area (Å²) in [5.74, 6) is 0.231. The number of nitrogen functional groups attached to an aromatic ring is 1. The first-order valence-corrected chi connectivity index (χ1v) is 7.06. The van der Waals surface area contributed by atoms with Crippen molar-refractivity contribution in [1.82, 2.24) is 5.16 Å². The molecule has 1 aromatic carbocycles. The highest BCUT2D eigenvalue weighted by molar-refractivity contribution is 9.10. The fourth-order valence-electron chi connectivity index (χ4n) is 1.62. The largest absolute Gasteiger partial charge is 0.444 e. The van der Waals surface area contributed by atoms with Gasteiger partial charge in [0.05, 0.1) is 5.69 Å². The lowest BCUT2D eigenvalue weighted by Crippen LogP contribution is -2.27. The van der Waals surface area contributed by atoms with Crippen LogP contribution in [0.1, 0.15) is 20.8 Å². The van der Waals surface area contributed by atoms with Gasteiger partial charge < -0.3 is 15.0 Å². The Kier molecular flexibility index (Phi) is 4.22. The van der Waals surface area contributed by atoms with Crippen molar-refractivity contribution in [2.75, 3.05) is 11.1 Å². The van der Waals surface area contributed by atoms with E-state index >= 15 is 0 Å². The number of halogens is 1. The zero-order valence-corrected chi connectivity index (χ0v) is 13.5. The van der Waals surface area contributed by atoms with Crippen molar-refractivity contribution in [3.8, 4) is 11.3 Å². The molecule has 0 aliphatic heterocycles. The third-order valence-corrected chi connectivity index (χ3v) is 3.12. The Bertz CT molecular complexity index is 662. The number of aromatic nitrogens is 1. The van der Waals surface area contributed by atoms with Crippen LogP contribution in [0.5, 0.6) is 0 Å². The maximum Gasteiger partial charge on any atom is 0.412 e. The average Bonchev–Trinajstić information content (AvgIpc) is 2.76. The van der Waals surface area contributed by atoms with E-state index in [0.29, 0.717) is 11.4 Å². The number of hydrogen-bond acceptors (Lipinski definition) is 5. The molecule has 0 aliphatic rings. The van der Waals surface area contributed by atoms with E-state index in [2.05, 4.69) is 26.4 Å². The number of rotatable bonds is 2. The molecule has 7 heteroatoms. The van der Waals surface area contributed by atoms with E-state index < -0.39 is 11.7 Å². The van der Waals surface area contributed by atoms with Gasteiger partial charge in [-0.15, -0.1) is 0 Å². The van der Waals surface area contributed by atoms with Gasteiger partial charge >= 0.3 is 6.09 Å². The van der Waals surface area contributed by atoms with E-state index in [9.17, 15) is 4.79 Å². The molecule has 0 unspecified atom stereocenters. The maximum atomic E-state index is 11.8. The molecule has 0 saturated carbocycles. The van der Waals surface area contributed by atoms with Crippen LogP contribution in [0.4, 0.5) is 16.4 Å². The highest BCUT2D eigenvalue weighted by atomic mass is 79.9. The number of ether oxygens (including phenoxy) is 1. The van der Waals surface area contributed by atoms with E-state index in [0.717, 1.165) is 10.0 Å². The minimum Gasteiger partial charge on any atom is -0.444 e. The molecule has 6 nitrogen and oxygen atoms in total. The van der Waals surface area contributed by atoms with Gasteiger partial charge in [-0.05, 0) is 48.8 Å². The van der Waals surface area contributed by atoms with E-state index in [1.54, 1.807) is 39.0 Å². The van der Waals surface area contributed by atoms with Crippen LogP contribution in [0.15, 0.2) is 33.3 Å². The highest BCUT2D eigenvalue weighted by Crippen LogP contribution is 2.29. The molecule has 112 valence electrons. The van der Waals surface area contributed by atoms with Crippen LogP contribution < -0.4 is 11.1 Å². The third-order valence-electron chi connectivity index (χ3n) is 2.43. The van der Waals surface area contributed by atoms with E-state index in [-0.39, 0.29) is 5.88 Å². The van der Waals surface area contributed by atoms with Crippen molar-refractivity contribution in [3.63, 3.8) is 0 Å². The molecular formula is C14H16BrN3O3. The Morgan fingerprint density at radius 1 is 1.38 bits per heavy atom. The molecule has 0 fully saturated rings. The Morgan fingerprint density at radius 2 is 2.10 bits per heavy atom. The summed E-state index contributed by atoms with van der Waals surface area (Å²) in [6.45, 7) is 5.41. The zero-order valence-electron chi connectivity index (χ0n) is 11.9. The molecule has 2 aromatic rings. The summed E-state index contributed by atoms with van der Waals surface area (Å²) in [5, 5.41) is 6.52. The smallest absolute Gasteiger partial charge is 0.412 e. The summed E-state index contributed by atoms with van der Waals surface area (Å²) in [4.78, 5) is 11.8. The minimum absolute atomic E-state index is 0.231. The zero-order chi connectivity index (χ0) is 15.6. The molecule has 0 radical (unpaired) electrons. The Morgan fingerprint density at radius 3 is 2.67 bits per heavy atom. The second-order valence-electron chi connectivity index (χ2n) is 5.44. The Hall–Kier alpha value is -2.02. The summed E-state index contributed by atoms with van der Waals surface area (Å²) in [6, 6.07) is 7.00. The lowest BCUT2D eigenvalue weighted by molar-refractivity contribution is 0.0636. The van der Waals surface area contributed by atoms with Crippen molar-refractivity contribution in [2.45, 2.75) is 26.4 Å². The minimum atomic E-state index is -0.561. The third kappa shape index (κ3) is 4.22. The van der Waals surface area contributed by atoms with Gasteiger partial charge in [0.15, 0.2) is 0 Å². The molecule has 0 bridgehead atoms. The van der Waals surface area contributed by atoms with Gasteiger partial charge in [-0.2, -0.15) is 0 Å². The van der Waals surface area contributed by atoms with E-state index in [1.165, 1.54) is 0 Å². The standard InChI is InChI=1S/C14H16BrN3O3/c1-14(2,3)20-13(19)17-11-6-8(4-5-9(11)15)10-7-12(16)21-18-10/h4-7H,16H2,1-3H3,(H,17,19). The van der Waals surface area contributed by atoms with Crippen LogP contribution in [0.2, 0.25) is 0 Å². The average molecular weight is 354 g/mol. The first-order chi connectivity index (χ1) is 9.74. The molecule has 1 amide bonds. The van der Waals surface area contributed by atoms with Gasteiger partial charge in [0.25, 0.3) is 0 Å². The summed E-state index contributed by atoms with van der Waals surface area (Å²) in [6.07, 6.45) is -0.528. The van der Waals surface area contributed by atoms with Crippen LogP contribution in [-0.2, 0) is 4.74 Å². The highest BCUT2D eigenvalue weighted by Gasteiger charge is 2.17. The quantitative estimate of drug-likeness (QED) is 0.850. The SMILES string of the molecule is CC(C)(C)OC(=O)Nc1cc(-c2cc(N)on2)ccc1Br. The van der Waals surface area contributed by atoms with Crippen LogP contribution in [0.25, 0.3) is 11.3 Å². The summed E-state index contributed by atoms with van der Waals surface area (Å²) >= 11 is 3.38. The lowest BCUT2D eigenvalue weighted by Gasteiger charge is -2.20. The molecule has 0 atom stereocenters. The van der Waals surface area contributed by atoms with Crippen molar-refractivity contribution in [1.29, 1.82) is 0 Å². The fraction of sp³-hybridized carbons (Fsp3) is 0.286. The summed E-state index contributed by atoms with van der Waals surface area (Å²) in [7, 11) is 0. The first kappa shape index (κ1) is 15.4. The first-order valence-electron chi connectivity index (χ1n) is 6.27. The molecule has 2 rings (SSSR count). The lowest BCUT2D eigenvalue weighted by atomic mass is 10.1. The van der Waals surface area contributed by atoms with Gasteiger partial charge in [0.2, 0.25) is 5.88 Å². The number of carbonyl (C=O) groups excluding carboxylic acids is 1. The van der Waals surface area contributed by atoms with Crippen molar-refractivity contribution < 1.29 is 14.1 Å². The number of carbonyl (C=O) groups is 1. The topological polar surface area (TPSA) is 90.4 Å². The molecule has 1 heterocycles. The molecule has 1 aromatic heterocycles. The summed E-state index contributed by atoms with van der Waals surface area (Å²) in [5.41, 5.74) is 6.88. The molecule has 3 N–H and O–H groups in total. The Balaban J connectivity index is 2.22. The number of hydrogen-bond donors (Lipinski definition) is 2. The monoisotopic (exact) mass is 353 g/mol. The predicted molar refractivity (Wildman–Crippen MR) is 83.9 cm³/mol. The van der Waals surface area contributed by atoms with Crippen molar-refractivity contribution in [3.05, 3.63) is 28.7 Å². The molecule has 0 saturated heterocycles. The molecule has 21 heavy (non-hydrogen) atoms. The fourth-order valence-corrected chi connectivity index (χ4v) is 1.97. The van der Waals surface area contributed by atoms with Gasteiger partial charge in [-0.1, -0.05) is 11.2 Å². The number of nitrogens with two attached hydrogens (primary N) is 1. The molecule has 0 spiro atoms. The predicted octanol–water partition coefficient (Wildman–Crippen LogP) is 4.03. The van der Waals surface area contributed by atoms with Crippen LogP contribution in [0, 0.1) is 0 Å². The number of benzene rings is 1. The number of nitrogens with zero attached hydrogens (tertiary/aromatic N) is 1. The maximum absolute atomic E-state index is 11.8. The van der Waals surface area contributed by atoms with Crippen molar-refractivity contribution >= 4 is 33.6 Å². The number of nitrogens with one attached hydrogen (secondary N) is 1. The van der Waals surface area contributed by atoms with Gasteiger partial charge in [0, 0.05) is 16.1 Å². The van der Waals surface area contributed by atoms with Crippen LogP contribution in [-0.4, -0.2) is 16.9 Å². The van der Waals surface area contributed by atoms with Crippen LogP contribution >= 0.6 is 15.9 Å². The number of amides is 1. The summed E-state index contributed by atoms with van der Waals surface area (Å²) < 4.78 is 10.8.